The summed E-state index contributed by atoms with van der Waals surface area (Å²) in [5.41, 5.74) is 4.46. The first-order chi connectivity index (χ1) is 20.3. The van der Waals surface area contributed by atoms with Crippen LogP contribution in [0.4, 0.5) is 10.2 Å². The number of rotatable bonds is 7. The van der Waals surface area contributed by atoms with Gasteiger partial charge in [-0.3, -0.25) is 4.99 Å². The molecule has 1 aromatic heterocycles. The minimum Gasteiger partial charge on any atom is -0.462 e. The van der Waals surface area contributed by atoms with Crippen LogP contribution in [0.3, 0.4) is 0 Å². The van der Waals surface area contributed by atoms with Crippen molar-refractivity contribution in [1.29, 1.82) is 0 Å². The molecule has 0 saturated carbocycles. The average Bonchev–Trinajstić information content (AvgIpc) is 3.40. The highest BCUT2D eigenvalue weighted by molar-refractivity contribution is 6.35. The van der Waals surface area contributed by atoms with Gasteiger partial charge in [0.2, 0.25) is 0 Å². The van der Waals surface area contributed by atoms with Crippen molar-refractivity contribution in [3.05, 3.63) is 81.4 Å². The highest BCUT2D eigenvalue weighted by Gasteiger charge is 2.34. The SMILES string of the molecule is C=N/C=C(/F)C1=C(C)C[C@@H](C)N(c2nc(OC[C@@H]3CCCN3C)nc3c2CO[C@H](c2cccc4cccc(Cl)c24)C3)C1. The highest BCUT2D eigenvalue weighted by atomic mass is 35.5. The van der Waals surface area contributed by atoms with Crippen LogP contribution in [0.2, 0.25) is 5.02 Å². The fourth-order valence-electron chi connectivity index (χ4n) is 6.54. The molecule has 9 heteroatoms. The molecule has 0 amide bonds. The van der Waals surface area contributed by atoms with Crippen molar-refractivity contribution in [2.45, 2.75) is 64.3 Å². The monoisotopic (exact) mass is 589 g/mol. The van der Waals surface area contributed by atoms with E-state index in [2.05, 4.69) is 53.7 Å². The topological polar surface area (TPSA) is 63.1 Å². The smallest absolute Gasteiger partial charge is 0.318 e. The second-order valence-corrected chi connectivity index (χ2v) is 12.0. The molecule has 3 aliphatic heterocycles. The van der Waals surface area contributed by atoms with E-state index in [1.165, 1.54) is 6.20 Å². The van der Waals surface area contributed by atoms with Gasteiger partial charge in [-0.15, -0.1) is 0 Å². The Morgan fingerprint density at radius 3 is 2.81 bits per heavy atom. The van der Waals surface area contributed by atoms with E-state index in [9.17, 15) is 0 Å². The summed E-state index contributed by atoms with van der Waals surface area (Å²) in [6, 6.07) is 12.9. The van der Waals surface area contributed by atoms with E-state index in [-0.39, 0.29) is 18.0 Å². The van der Waals surface area contributed by atoms with Crippen molar-refractivity contribution in [2.24, 2.45) is 4.99 Å². The number of benzene rings is 2. The molecular weight excluding hydrogens is 553 g/mol. The maximum Gasteiger partial charge on any atom is 0.318 e. The Bertz CT molecular complexity index is 1570. The Kier molecular flexibility index (Phi) is 8.30. The average molecular weight is 590 g/mol. The molecule has 3 aliphatic rings. The van der Waals surface area contributed by atoms with E-state index in [1.807, 2.05) is 25.1 Å². The van der Waals surface area contributed by atoms with Crippen molar-refractivity contribution in [2.75, 3.05) is 31.6 Å². The second-order valence-electron chi connectivity index (χ2n) is 11.6. The van der Waals surface area contributed by atoms with Gasteiger partial charge in [-0.05, 0) is 70.4 Å². The molecule has 3 atom stereocenters. The number of anilines is 1. The lowest BCUT2D eigenvalue weighted by molar-refractivity contribution is 0.0265. The zero-order valence-electron chi connectivity index (χ0n) is 24.4. The molecule has 0 radical (unpaired) electrons. The summed E-state index contributed by atoms with van der Waals surface area (Å²) >= 11 is 6.68. The van der Waals surface area contributed by atoms with Crippen molar-refractivity contribution >= 4 is 34.9 Å². The van der Waals surface area contributed by atoms with Crippen molar-refractivity contribution in [3.63, 3.8) is 0 Å². The maximum atomic E-state index is 15.0. The van der Waals surface area contributed by atoms with E-state index in [0.29, 0.717) is 55.2 Å². The molecule has 4 heterocycles. The number of nitrogens with zero attached hydrogens (tertiary/aromatic N) is 5. The summed E-state index contributed by atoms with van der Waals surface area (Å²) in [4.78, 5) is 18.0. The van der Waals surface area contributed by atoms with E-state index in [1.54, 1.807) is 0 Å². The van der Waals surface area contributed by atoms with Crippen LogP contribution in [-0.2, 0) is 17.8 Å². The maximum absolute atomic E-state index is 15.0. The van der Waals surface area contributed by atoms with E-state index < -0.39 is 0 Å². The number of fused-ring (bicyclic) bond motifs is 2. The first kappa shape index (κ1) is 28.8. The number of halogens is 2. The quantitative estimate of drug-likeness (QED) is 0.277. The van der Waals surface area contributed by atoms with Crippen LogP contribution in [0.25, 0.3) is 10.8 Å². The van der Waals surface area contributed by atoms with E-state index in [0.717, 1.165) is 58.4 Å². The van der Waals surface area contributed by atoms with Gasteiger partial charge >= 0.3 is 6.01 Å². The van der Waals surface area contributed by atoms with Crippen LogP contribution < -0.4 is 9.64 Å². The largest absolute Gasteiger partial charge is 0.462 e. The number of ether oxygens (including phenoxy) is 2. The van der Waals surface area contributed by atoms with Crippen LogP contribution in [0.1, 0.15) is 56.0 Å². The third-order valence-electron chi connectivity index (χ3n) is 8.91. The van der Waals surface area contributed by atoms with Gasteiger partial charge in [-0.25, -0.2) is 4.39 Å². The molecule has 3 aromatic rings. The first-order valence-corrected chi connectivity index (χ1v) is 15.0. The zero-order valence-corrected chi connectivity index (χ0v) is 25.2. The van der Waals surface area contributed by atoms with Gasteiger partial charge in [0.05, 0.1) is 24.6 Å². The Balaban J connectivity index is 1.38. The van der Waals surface area contributed by atoms with Crippen LogP contribution >= 0.6 is 11.6 Å². The van der Waals surface area contributed by atoms with Crippen LogP contribution in [0.5, 0.6) is 6.01 Å². The number of likely N-dealkylation sites (tertiary alicyclic amines) is 1. The molecule has 220 valence electrons. The van der Waals surface area contributed by atoms with Gasteiger partial charge < -0.3 is 19.3 Å². The predicted octanol–water partition coefficient (Wildman–Crippen LogP) is 7.00. The molecular formula is C33H37ClFN5O2. The number of aromatic nitrogens is 2. The van der Waals surface area contributed by atoms with Gasteiger partial charge in [0.25, 0.3) is 0 Å². The third kappa shape index (κ3) is 5.55. The Hall–Kier alpha value is -3.33. The predicted molar refractivity (Wildman–Crippen MR) is 166 cm³/mol. The molecule has 1 fully saturated rings. The Morgan fingerprint density at radius 1 is 1.24 bits per heavy atom. The lowest BCUT2D eigenvalue weighted by atomic mass is 9.93. The highest BCUT2D eigenvalue weighted by Crippen LogP contribution is 2.41. The molecule has 0 aliphatic carbocycles. The van der Waals surface area contributed by atoms with Crippen molar-refractivity contribution < 1.29 is 13.9 Å². The standard InChI is InChI=1S/C33H37ClFN5O2/c1-20-14-21(2)40(17-25(20)28(35)16-36-3)32-26-19-41-30(24-11-5-8-22-9-6-12-27(34)31(22)24)15-29(26)37-33(38-32)42-18-23-10-7-13-39(23)4/h5-6,8-9,11-12,16,21,23,30H,3,7,10,13-15,17-19H2,1-2,4H3/b28-16+/t21-,23+,30+/m1/s1. The van der Waals surface area contributed by atoms with Crippen molar-refractivity contribution in [1.82, 2.24) is 14.9 Å². The second kappa shape index (κ2) is 12.1. The number of likely N-dealkylation sites (N-methyl/N-ethyl adjacent to an activating group) is 1. The van der Waals surface area contributed by atoms with E-state index in [4.69, 9.17) is 31.0 Å². The molecule has 1 saturated heterocycles. The molecule has 2 aromatic carbocycles. The number of hydrogen-bond acceptors (Lipinski definition) is 7. The molecule has 0 bridgehead atoms. The lowest BCUT2D eigenvalue weighted by Crippen LogP contribution is -2.41. The minimum absolute atomic E-state index is 0.0978. The third-order valence-corrected chi connectivity index (χ3v) is 9.22. The van der Waals surface area contributed by atoms with Gasteiger partial charge in [0.1, 0.15) is 18.3 Å². The normalized spacial score (nSPS) is 23.4. The molecule has 0 unspecified atom stereocenters. The van der Waals surface area contributed by atoms with Gasteiger partial charge in [0.15, 0.2) is 0 Å². The molecule has 0 spiro atoms. The number of aliphatic imine (C=N–C) groups is 1. The minimum atomic E-state index is -0.368. The van der Waals surface area contributed by atoms with Crippen LogP contribution in [-0.4, -0.2) is 60.4 Å². The molecule has 7 nitrogen and oxygen atoms in total. The number of hydrogen-bond donors (Lipinski definition) is 0. The fraction of sp³-hybridized carbons (Fsp3) is 0.424. The summed E-state index contributed by atoms with van der Waals surface area (Å²) in [5.74, 6) is 0.369. The zero-order chi connectivity index (χ0) is 29.4. The molecule has 42 heavy (non-hydrogen) atoms. The fourth-order valence-corrected chi connectivity index (χ4v) is 6.83. The van der Waals surface area contributed by atoms with Crippen molar-refractivity contribution in [3.8, 4) is 6.01 Å². The summed E-state index contributed by atoms with van der Waals surface area (Å²) in [5, 5.41) is 2.77. The Morgan fingerprint density at radius 2 is 2.05 bits per heavy atom. The van der Waals surface area contributed by atoms with Crippen LogP contribution in [0, 0.1) is 0 Å². The van der Waals surface area contributed by atoms with Crippen LogP contribution in [0.15, 0.2) is 64.6 Å². The molecule has 6 rings (SSSR count). The van der Waals surface area contributed by atoms with Gasteiger partial charge in [-0.1, -0.05) is 47.5 Å². The Labute approximate surface area is 251 Å². The summed E-state index contributed by atoms with van der Waals surface area (Å²) in [6.45, 7) is 9.83. The van der Waals surface area contributed by atoms with Gasteiger partial charge in [0, 0.05) is 46.6 Å². The summed E-state index contributed by atoms with van der Waals surface area (Å²) in [7, 11) is 2.13. The first-order valence-electron chi connectivity index (χ1n) is 14.6. The lowest BCUT2D eigenvalue weighted by Gasteiger charge is -2.38. The van der Waals surface area contributed by atoms with E-state index >= 15 is 4.39 Å². The summed E-state index contributed by atoms with van der Waals surface area (Å²) < 4.78 is 27.8. The molecule has 0 N–H and O–H groups in total. The summed E-state index contributed by atoms with van der Waals surface area (Å²) in [6.07, 6.45) is 4.45. The van der Waals surface area contributed by atoms with Gasteiger partial charge in [-0.2, -0.15) is 9.97 Å².